The number of ether oxygens (including phenoxy) is 1. The number of anilines is 1. The summed E-state index contributed by atoms with van der Waals surface area (Å²) in [5.41, 5.74) is 0.929. The van der Waals surface area contributed by atoms with Crippen molar-refractivity contribution in [1.82, 2.24) is 15.0 Å². The van der Waals surface area contributed by atoms with Crippen molar-refractivity contribution >= 4 is 16.9 Å². The van der Waals surface area contributed by atoms with Crippen LogP contribution in [-0.2, 0) is 10.9 Å². The SMILES string of the molecule is CC1CCCC2(CCN(c3ccc(-c4nc5ccc(C(F)(F)F)cc5[nH]4)cn3)CC2)O1. The lowest BCUT2D eigenvalue weighted by Gasteiger charge is -2.46. The number of H-pyrrole nitrogens is 1. The van der Waals surface area contributed by atoms with Crippen LogP contribution in [0.2, 0.25) is 0 Å². The summed E-state index contributed by atoms with van der Waals surface area (Å²) in [7, 11) is 0. The molecule has 5 nitrogen and oxygen atoms in total. The topological polar surface area (TPSA) is 54.0 Å². The van der Waals surface area contributed by atoms with E-state index in [9.17, 15) is 13.2 Å². The molecule has 1 aromatic carbocycles. The molecule has 5 rings (SSSR count). The van der Waals surface area contributed by atoms with Gasteiger partial charge in [0.25, 0.3) is 0 Å². The molecule has 0 bridgehead atoms. The number of alkyl halides is 3. The molecule has 4 heterocycles. The third kappa shape index (κ3) is 4.01. The molecule has 0 amide bonds. The summed E-state index contributed by atoms with van der Waals surface area (Å²) < 4.78 is 45.1. The van der Waals surface area contributed by atoms with Crippen molar-refractivity contribution in [2.45, 2.75) is 56.9 Å². The predicted octanol–water partition coefficient (Wildman–Crippen LogP) is 5.57. The van der Waals surface area contributed by atoms with Gasteiger partial charge in [0.2, 0.25) is 0 Å². The first-order valence-electron chi connectivity index (χ1n) is 10.8. The molecule has 31 heavy (non-hydrogen) atoms. The molecule has 2 aromatic heterocycles. The van der Waals surface area contributed by atoms with Crippen molar-refractivity contribution in [3.63, 3.8) is 0 Å². The van der Waals surface area contributed by atoms with E-state index < -0.39 is 11.7 Å². The molecule has 2 aliphatic rings. The van der Waals surface area contributed by atoms with Crippen LogP contribution < -0.4 is 4.90 Å². The molecule has 2 aliphatic heterocycles. The number of hydrogen-bond acceptors (Lipinski definition) is 4. The molecular weight excluding hydrogens is 405 g/mol. The zero-order valence-electron chi connectivity index (χ0n) is 17.4. The van der Waals surface area contributed by atoms with Crippen molar-refractivity contribution in [3.8, 4) is 11.4 Å². The van der Waals surface area contributed by atoms with Gasteiger partial charge in [0.1, 0.15) is 11.6 Å². The predicted molar refractivity (Wildman–Crippen MR) is 113 cm³/mol. The van der Waals surface area contributed by atoms with Gasteiger partial charge in [-0.05, 0) is 69.4 Å². The molecule has 1 spiro atoms. The van der Waals surface area contributed by atoms with Crippen LogP contribution in [0.5, 0.6) is 0 Å². The smallest absolute Gasteiger partial charge is 0.372 e. The first kappa shape index (κ1) is 20.3. The molecule has 0 aliphatic carbocycles. The number of pyridine rings is 1. The van der Waals surface area contributed by atoms with E-state index in [0.29, 0.717) is 23.0 Å². The second kappa shape index (κ2) is 7.51. The number of rotatable bonds is 2. The molecule has 0 saturated carbocycles. The van der Waals surface area contributed by atoms with Gasteiger partial charge >= 0.3 is 6.18 Å². The van der Waals surface area contributed by atoms with Crippen molar-refractivity contribution in [2.24, 2.45) is 0 Å². The highest BCUT2D eigenvalue weighted by Gasteiger charge is 2.39. The number of piperidine rings is 1. The van der Waals surface area contributed by atoms with E-state index in [4.69, 9.17) is 4.74 Å². The number of benzene rings is 1. The van der Waals surface area contributed by atoms with E-state index in [1.807, 2.05) is 12.1 Å². The fourth-order valence-corrected chi connectivity index (χ4v) is 4.80. The summed E-state index contributed by atoms with van der Waals surface area (Å²) in [6.45, 7) is 3.98. The Bertz CT molecular complexity index is 1070. The molecule has 2 saturated heterocycles. The lowest BCUT2D eigenvalue weighted by Crippen LogP contribution is -2.49. The summed E-state index contributed by atoms with van der Waals surface area (Å²) in [4.78, 5) is 14.3. The third-order valence-corrected chi connectivity index (χ3v) is 6.52. The Balaban J connectivity index is 1.30. The lowest BCUT2D eigenvalue weighted by molar-refractivity contribution is -0.137. The summed E-state index contributed by atoms with van der Waals surface area (Å²) >= 11 is 0. The van der Waals surface area contributed by atoms with Crippen LogP contribution in [0.15, 0.2) is 36.5 Å². The van der Waals surface area contributed by atoms with Gasteiger partial charge in [-0.3, -0.25) is 0 Å². The largest absolute Gasteiger partial charge is 0.416 e. The average molecular weight is 430 g/mol. The van der Waals surface area contributed by atoms with Crippen molar-refractivity contribution in [3.05, 3.63) is 42.1 Å². The first-order valence-corrected chi connectivity index (χ1v) is 10.8. The average Bonchev–Trinajstić information content (AvgIpc) is 3.17. The Morgan fingerprint density at radius 1 is 1.13 bits per heavy atom. The Labute approximate surface area is 178 Å². The fourth-order valence-electron chi connectivity index (χ4n) is 4.80. The maximum absolute atomic E-state index is 12.9. The van der Waals surface area contributed by atoms with Crippen molar-refractivity contribution in [2.75, 3.05) is 18.0 Å². The van der Waals surface area contributed by atoms with Crippen LogP contribution in [0.4, 0.5) is 19.0 Å². The fraction of sp³-hybridized carbons (Fsp3) is 0.478. The minimum atomic E-state index is -4.38. The second-order valence-electron chi connectivity index (χ2n) is 8.71. The molecule has 2 fully saturated rings. The molecule has 1 N–H and O–H groups in total. The van der Waals surface area contributed by atoms with Gasteiger partial charge in [0.05, 0.1) is 28.3 Å². The highest BCUT2D eigenvalue weighted by molar-refractivity contribution is 5.80. The Kier molecular flexibility index (Phi) is 4.92. The normalized spacial score (nSPS) is 21.7. The number of imidazole rings is 1. The minimum Gasteiger partial charge on any atom is -0.372 e. The molecule has 164 valence electrons. The van der Waals surface area contributed by atoms with Gasteiger partial charge in [-0.25, -0.2) is 9.97 Å². The number of halogens is 3. The quantitative estimate of drug-likeness (QED) is 0.577. The van der Waals surface area contributed by atoms with Crippen LogP contribution >= 0.6 is 0 Å². The van der Waals surface area contributed by atoms with E-state index in [0.717, 1.165) is 62.3 Å². The van der Waals surface area contributed by atoms with Crippen molar-refractivity contribution in [1.29, 1.82) is 0 Å². The maximum atomic E-state index is 12.9. The molecule has 0 radical (unpaired) electrons. The highest BCUT2D eigenvalue weighted by Crippen LogP contribution is 2.38. The van der Waals surface area contributed by atoms with Gasteiger partial charge in [-0.1, -0.05) is 0 Å². The van der Waals surface area contributed by atoms with Gasteiger partial charge in [-0.2, -0.15) is 13.2 Å². The standard InChI is InChI=1S/C23H25F3N4O/c1-15-3-2-8-22(31-15)9-11-30(12-10-22)20-7-4-16(14-27-20)21-28-18-6-5-17(23(24,25)26)13-19(18)29-21/h4-7,13-15H,2-3,8-12H2,1H3,(H,28,29). The number of hydrogen-bond donors (Lipinski definition) is 1. The van der Waals surface area contributed by atoms with Crippen LogP contribution in [0.25, 0.3) is 22.4 Å². The summed E-state index contributed by atoms with van der Waals surface area (Å²) in [6.07, 6.45) is 3.22. The summed E-state index contributed by atoms with van der Waals surface area (Å²) in [6, 6.07) is 7.39. The molecule has 1 unspecified atom stereocenters. The van der Waals surface area contributed by atoms with Gasteiger partial charge in [-0.15, -0.1) is 0 Å². The van der Waals surface area contributed by atoms with E-state index in [1.165, 1.54) is 12.5 Å². The first-order chi connectivity index (χ1) is 14.8. The van der Waals surface area contributed by atoms with E-state index in [1.54, 1.807) is 6.20 Å². The van der Waals surface area contributed by atoms with Crippen LogP contribution in [-0.4, -0.2) is 39.7 Å². The molecule has 3 aromatic rings. The maximum Gasteiger partial charge on any atom is 0.416 e. The van der Waals surface area contributed by atoms with Crippen molar-refractivity contribution < 1.29 is 17.9 Å². The molecule has 1 atom stereocenters. The Morgan fingerprint density at radius 3 is 2.61 bits per heavy atom. The van der Waals surface area contributed by atoms with Gasteiger partial charge < -0.3 is 14.6 Å². The number of aromatic nitrogens is 3. The second-order valence-corrected chi connectivity index (χ2v) is 8.71. The third-order valence-electron chi connectivity index (χ3n) is 6.52. The monoisotopic (exact) mass is 430 g/mol. The van der Waals surface area contributed by atoms with Gasteiger partial charge in [0, 0.05) is 24.8 Å². The highest BCUT2D eigenvalue weighted by atomic mass is 19.4. The number of aromatic amines is 1. The summed E-state index contributed by atoms with van der Waals surface area (Å²) in [5, 5.41) is 0. The van der Waals surface area contributed by atoms with E-state index >= 15 is 0 Å². The lowest BCUT2D eigenvalue weighted by atomic mass is 9.83. The number of nitrogens with zero attached hydrogens (tertiary/aromatic N) is 3. The number of fused-ring (bicyclic) bond motifs is 1. The minimum absolute atomic E-state index is 0.0254. The van der Waals surface area contributed by atoms with Crippen LogP contribution in [0, 0.1) is 0 Å². The van der Waals surface area contributed by atoms with E-state index in [-0.39, 0.29) is 5.60 Å². The molecule has 8 heteroatoms. The molecular formula is C23H25F3N4O. The van der Waals surface area contributed by atoms with Crippen LogP contribution in [0.1, 0.15) is 44.6 Å². The zero-order valence-corrected chi connectivity index (χ0v) is 17.4. The van der Waals surface area contributed by atoms with E-state index in [2.05, 4.69) is 26.8 Å². The Morgan fingerprint density at radius 2 is 1.94 bits per heavy atom. The zero-order chi connectivity index (χ0) is 21.6. The number of nitrogens with one attached hydrogen (secondary N) is 1. The van der Waals surface area contributed by atoms with Crippen LogP contribution in [0.3, 0.4) is 0 Å². The summed E-state index contributed by atoms with van der Waals surface area (Å²) in [5.74, 6) is 1.41. The Hall–Kier alpha value is -2.61. The van der Waals surface area contributed by atoms with Gasteiger partial charge in [0.15, 0.2) is 0 Å².